The van der Waals surface area contributed by atoms with Gasteiger partial charge in [0.1, 0.15) is 0 Å². The molecule has 0 spiro atoms. The minimum Gasteiger partial charge on any atom is -0.493 e. The molecule has 6 heteroatoms. The topological polar surface area (TPSA) is 69.6 Å². The highest BCUT2D eigenvalue weighted by molar-refractivity contribution is 5.94. The van der Waals surface area contributed by atoms with Gasteiger partial charge in [-0.3, -0.25) is 9.59 Å². The maximum atomic E-state index is 12.4. The number of carbonyl (C=O) groups is 1. The average Bonchev–Trinajstić information content (AvgIpc) is 2.61. The van der Waals surface area contributed by atoms with E-state index in [1.807, 2.05) is 25.1 Å². The number of aromatic nitrogens is 1. The van der Waals surface area contributed by atoms with Gasteiger partial charge in [0, 0.05) is 19.3 Å². The smallest absolute Gasteiger partial charge is 0.253 e. The summed E-state index contributed by atoms with van der Waals surface area (Å²) >= 11 is 0. The fourth-order valence-electron chi connectivity index (χ4n) is 2.42. The molecule has 0 saturated heterocycles. The Balaban J connectivity index is 2.13. The Labute approximate surface area is 153 Å². The molecule has 1 atom stereocenters. The highest BCUT2D eigenvalue weighted by Gasteiger charge is 2.15. The van der Waals surface area contributed by atoms with E-state index in [-0.39, 0.29) is 17.5 Å². The zero-order chi connectivity index (χ0) is 19.3. The molecule has 1 amide bonds. The van der Waals surface area contributed by atoms with Crippen LogP contribution in [0.3, 0.4) is 0 Å². The summed E-state index contributed by atoms with van der Waals surface area (Å²) in [5.74, 6) is 1.49. The van der Waals surface area contributed by atoms with Crippen LogP contribution in [0, 0.1) is 5.92 Å². The standard InChI is InChI=1S/C20H26N2O4/c1-13(2)12-26-17-8-6-15(10-18(17)25-5)14(3)21-20(24)16-7-9-19(23)22(4)11-16/h6-11,13-14H,12H2,1-5H3,(H,21,24)/t14-/m0/s1. The third-order valence-electron chi connectivity index (χ3n) is 3.96. The lowest BCUT2D eigenvalue weighted by molar-refractivity contribution is 0.0939. The van der Waals surface area contributed by atoms with E-state index in [9.17, 15) is 9.59 Å². The quantitative estimate of drug-likeness (QED) is 0.826. The molecule has 1 N–H and O–H groups in total. The van der Waals surface area contributed by atoms with E-state index in [0.717, 1.165) is 5.56 Å². The summed E-state index contributed by atoms with van der Waals surface area (Å²) in [5, 5.41) is 2.93. The van der Waals surface area contributed by atoms with Crippen LogP contribution in [-0.2, 0) is 7.05 Å². The fourth-order valence-corrected chi connectivity index (χ4v) is 2.42. The van der Waals surface area contributed by atoms with Crippen LogP contribution < -0.4 is 20.3 Å². The van der Waals surface area contributed by atoms with Crippen LogP contribution in [0.4, 0.5) is 0 Å². The molecule has 0 aliphatic heterocycles. The number of carbonyl (C=O) groups excluding carboxylic acids is 1. The summed E-state index contributed by atoms with van der Waals surface area (Å²) in [4.78, 5) is 23.8. The number of ether oxygens (including phenoxy) is 2. The van der Waals surface area contributed by atoms with Crippen molar-refractivity contribution in [3.05, 3.63) is 58.0 Å². The van der Waals surface area contributed by atoms with Gasteiger partial charge in [-0.2, -0.15) is 0 Å². The summed E-state index contributed by atoms with van der Waals surface area (Å²) in [6.07, 6.45) is 1.52. The van der Waals surface area contributed by atoms with E-state index in [1.54, 1.807) is 14.2 Å². The van der Waals surface area contributed by atoms with Crippen molar-refractivity contribution in [1.82, 2.24) is 9.88 Å². The van der Waals surface area contributed by atoms with Crippen molar-refractivity contribution in [2.75, 3.05) is 13.7 Å². The molecule has 1 heterocycles. The van der Waals surface area contributed by atoms with Crippen LogP contribution in [0.15, 0.2) is 41.3 Å². The number of methoxy groups -OCH3 is 1. The molecule has 0 bridgehead atoms. The van der Waals surface area contributed by atoms with E-state index < -0.39 is 0 Å². The summed E-state index contributed by atoms with van der Waals surface area (Å²) in [6, 6.07) is 8.29. The Morgan fingerprint density at radius 1 is 1.15 bits per heavy atom. The molecule has 26 heavy (non-hydrogen) atoms. The molecule has 6 nitrogen and oxygen atoms in total. The normalized spacial score (nSPS) is 11.9. The molecular formula is C20H26N2O4. The molecule has 140 valence electrons. The number of nitrogens with zero attached hydrogens (tertiary/aromatic N) is 1. The SMILES string of the molecule is COc1cc([C@H](C)NC(=O)c2ccc(=O)n(C)c2)ccc1OCC(C)C. The van der Waals surface area contributed by atoms with Crippen LogP contribution >= 0.6 is 0 Å². The summed E-state index contributed by atoms with van der Waals surface area (Å²) in [6.45, 7) is 6.66. The van der Waals surface area contributed by atoms with Crippen molar-refractivity contribution < 1.29 is 14.3 Å². The van der Waals surface area contributed by atoms with E-state index >= 15 is 0 Å². The molecule has 0 aliphatic rings. The lowest BCUT2D eigenvalue weighted by Gasteiger charge is -2.18. The van der Waals surface area contributed by atoms with E-state index in [4.69, 9.17) is 9.47 Å². The molecular weight excluding hydrogens is 332 g/mol. The number of pyridine rings is 1. The second kappa shape index (κ2) is 8.56. The molecule has 0 saturated carbocycles. The summed E-state index contributed by atoms with van der Waals surface area (Å²) in [7, 11) is 3.21. The van der Waals surface area contributed by atoms with Gasteiger partial charge in [0.15, 0.2) is 11.5 Å². The Bertz CT molecular complexity index is 827. The van der Waals surface area contributed by atoms with Crippen LogP contribution in [0.25, 0.3) is 0 Å². The van der Waals surface area contributed by atoms with Crippen molar-refractivity contribution in [3.8, 4) is 11.5 Å². The van der Waals surface area contributed by atoms with Crippen molar-refractivity contribution in [1.29, 1.82) is 0 Å². The number of nitrogens with one attached hydrogen (secondary N) is 1. The summed E-state index contributed by atoms with van der Waals surface area (Å²) in [5.41, 5.74) is 1.18. The lowest BCUT2D eigenvalue weighted by Crippen LogP contribution is -2.28. The third-order valence-corrected chi connectivity index (χ3v) is 3.96. The largest absolute Gasteiger partial charge is 0.493 e. The number of hydrogen-bond acceptors (Lipinski definition) is 4. The molecule has 0 aliphatic carbocycles. The Hall–Kier alpha value is -2.76. The van der Waals surface area contributed by atoms with Gasteiger partial charge in [-0.25, -0.2) is 0 Å². The minimum absolute atomic E-state index is 0.156. The van der Waals surface area contributed by atoms with Crippen LogP contribution in [0.5, 0.6) is 11.5 Å². The highest BCUT2D eigenvalue weighted by atomic mass is 16.5. The number of amides is 1. The predicted octanol–water partition coefficient (Wildman–Crippen LogP) is 2.92. The van der Waals surface area contributed by atoms with Gasteiger partial charge >= 0.3 is 0 Å². The molecule has 1 aromatic heterocycles. The number of hydrogen-bond donors (Lipinski definition) is 1. The molecule has 0 fully saturated rings. The second-order valence-corrected chi connectivity index (χ2v) is 6.68. The Morgan fingerprint density at radius 2 is 1.88 bits per heavy atom. The number of rotatable bonds is 7. The molecule has 2 rings (SSSR count). The second-order valence-electron chi connectivity index (χ2n) is 6.68. The van der Waals surface area contributed by atoms with E-state index in [0.29, 0.717) is 29.6 Å². The number of benzene rings is 1. The zero-order valence-electron chi connectivity index (χ0n) is 15.9. The third kappa shape index (κ3) is 4.88. The first-order valence-corrected chi connectivity index (χ1v) is 8.60. The first-order chi connectivity index (χ1) is 12.3. The Morgan fingerprint density at radius 3 is 2.50 bits per heavy atom. The van der Waals surface area contributed by atoms with Crippen molar-refractivity contribution >= 4 is 5.91 Å². The first-order valence-electron chi connectivity index (χ1n) is 8.60. The van der Waals surface area contributed by atoms with Crippen LogP contribution in [0.1, 0.15) is 42.7 Å². The van der Waals surface area contributed by atoms with Gasteiger partial charge in [-0.15, -0.1) is 0 Å². The van der Waals surface area contributed by atoms with Crippen molar-refractivity contribution in [2.45, 2.75) is 26.8 Å². The zero-order valence-corrected chi connectivity index (χ0v) is 15.9. The minimum atomic E-state index is -0.243. The van der Waals surface area contributed by atoms with Gasteiger partial charge in [0.25, 0.3) is 5.91 Å². The molecule has 0 radical (unpaired) electrons. The van der Waals surface area contributed by atoms with Gasteiger partial charge in [-0.1, -0.05) is 19.9 Å². The van der Waals surface area contributed by atoms with Gasteiger partial charge in [0.05, 0.1) is 25.3 Å². The first kappa shape index (κ1) is 19.6. The maximum absolute atomic E-state index is 12.4. The van der Waals surface area contributed by atoms with E-state index in [2.05, 4.69) is 19.2 Å². The van der Waals surface area contributed by atoms with Crippen LogP contribution in [0.2, 0.25) is 0 Å². The van der Waals surface area contributed by atoms with E-state index in [1.165, 1.54) is 22.9 Å². The molecule has 1 aromatic carbocycles. The van der Waals surface area contributed by atoms with Gasteiger partial charge in [-0.05, 0) is 36.6 Å². The molecule has 2 aromatic rings. The Kier molecular flexibility index (Phi) is 6.44. The average molecular weight is 358 g/mol. The predicted molar refractivity (Wildman–Crippen MR) is 101 cm³/mol. The fraction of sp³-hybridized carbons (Fsp3) is 0.400. The van der Waals surface area contributed by atoms with Gasteiger partial charge < -0.3 is 19.4 Å². The highest BCUT2D eigenvalue weighted by Crippen LogP contribution is 2.30. The van der Waals surface area contributed by atoms with Crippen LogP contribution in [-0.4, -0.2) is 24.2 Å². The van der Waals surface area contributed by atoms with Gasteiger partial charge in [0.2, 0.25) is 5.56 Å². The summed E-state index contributed by atoms with van der Waals surface area (Å²) < 4.78 is 12.5. The number of aryl methyl sites for hydroxylation is 1. The monoisotopic (exact) mass is 358 g/mol. The molecule has 0 unspecified atom stereocenters. The maximum Gasteiger partial charge on any atom is 0.253 e. The van der Waals surface area contributed by atoms with Crippen molar-refractivity contribution in [3.63, 3.8) is 0 Å². The lowest BCUT2D eigenvalue weighted by atomic mass is 10.1. The van der Waals surface area contributed by atoms with Crippen molar-refractivity contribution in [2.24, 2.45) is 13.0 Å².